The van der Waals surface area contributed by atoms with E-state index in [2.05, 4.69) is 15.6 Å². The lowest BCUT2D eigenvalue weighted by molar-refractivity contribution is -0.119. The lowest BCUT2D eigenvalue weighted by atomic mass is 10.1. The maximum Gasteiger partial charge on any atom is 0.234 e. The number of hydrogen-bond acceptors (Lipinski definition) is 4. The number of carbonyl (C=O) groups excluding carboxylic acids is 1. The molecule has 1 unspecified atom stereocenters. The molecule has 0 bridgehead atoms. The van der Waals surface area contributed by atoms with Crippen LogP contribution in [-0.2, 0) is 11.3 Å². The van der Waals surface area contributed by atoms with Gasteiger partial charge in [-0.25, -0.2) is 4.68 Å². The molecule has 0 fully saturated rings. The van der Waals surface area contributed by atoms with E-state index in [1.807, 2.05) is 43.5 Å². The van der Waals surface area contributed by atoms with Crippen molar-refractivity contribution in [1.82, 2.24) is 20.3 Å². The molecule has 0 aliphatic heterocycles. The molecule has 3 N–H and O–H groups in total. The van der Waals surface area contributed by atoms with Crippen LogP contribution in [0.1, 0.15) is 24.2 Å². The molecule has 2 rings (SSSR count). The summed E-state index contributed by atoms with van der Waals surface area (Å²) >= 11 is 0. The molecule has 1 amide bonds. The molecule has 6 heteroatoms. The van der Waals surface area contributed by atoms with Gasteiger partial charge in [-0.05, 0) is 12.5 Å². The Morgan fingerprint density at radius 2 is 2.16 bits per heavy atom. The number of hydrogen-bond donors (Lipinski definition) is 2. The molecule has 1 aromatic heterocycles. The quantitative estimate of drug-likeness (QED) is 0.817. The normalized spacial score (nSPS) is 12.1. The van der Waals surface area contributed by atoms with E-state index in [-0.39, 0.29) is 18.5 Å². The van der Waals surface area contributed by atoms with Gasteiger partial charge < -0.3 is 11.1 Å². The Kier molecular flexibility index (Phi) is 4.25. The van der Waals surface area contributed by atoms with Crippen molar-refractivity contribution in [2.45, 2.75) is 19.5 Å². The van der Waals surface area contributed by atoms with Crippen molar-refractivity contribution >= 4 is 5.91 Å². The average Bonchev–Trinajstić information content (AvgIpc) is 2.93. The Hall–Kier alpha value is -2.21. The number of benzene rings is 1. The molecule has 0 saturated carbocycles. The van der Waals surface area contributed by atoms with Gasteiger partial charge in [-0.3, -0.25) is 4.79 Å². The SMILES string of the molecule is CC(c1ccccc1)n1cc(CNC(=O)CN)nn1. The molecule has 0 saturated heterocycles. The first-order valence-electron chi connectivity index (χ1n) is 6.13. The summed E-state index contributed by atoms with van der Waals surface area (Å²) in [5.74, 6) is -0.203. The van der Waals surface area contributed by atoms with E-state index < -0.39 is 0 Å². The predicted molar refractivity (Wildman–Crippen MR) is 71.2 cm³/mol. The molecule has 1 heterocycles. The van der Waals surface area contributed by atoms with Crippen LogP contribution in [0.15, 0.2) is 36.5 Å². The Balaban J connectivity index is 2.02. The molecule has 6 nitrogen and oxygen atoms in total. The molecular formula is C13H17N5O. The van der Waals surface area contributed by atoms with E-state index in [0.29, 0.717) is 12.2 Å². The lowest BCUT2D eigenvalue weighted by Crippen LogP contribution is -2.29. The van der Waals surface area contributed by atoms with Crippen LogP contribution in [0.25, 0.3) is 0 Å². The topological polar surface area (TPSA) is 85.8 Å². The van der Waals surface area contributed by atoms with Crippen LogP contribution in [0.4, 0.5) is 0 Å². The highest BCUT2D eigenvalue weighted by molar-refractivity contribution is 5.77. The van der Waals surface area contributed by atoms with Gasteiger partial charge in [-0.15, -0.1) is 5.10 Å². The van der Waals surface area contributed by atoms with Crippen LogP contribution in [0.3, 0.4) is 0 Å². The van der Waals surface area contributed by atoms with Crippen molar-refractivity contribution < 1.29 is 4.79 Å². The zero-order valence-corrected chi connectivity index (χ0v) is 10.8. The predicted octanol–water partition coefficient (Wildman–Crippen LogP) is 0.462. The second-order valence-electron chi connectivity index (χ2n) is 4.26. The average molecular weight is 259 g/mol. The summed E-state index contributed by atoms with van der Waals surface area (Å²) in [6, 6.07) is 10.2. The minimum atomic E-state index is -0.203. The van der Waals surface area contributed by atoms with Crippen molar-refractivity contribution in [3.63, 3.8) is 0 Å². The number of amides is 1. The van der Waals surface area contributed by atoms with Gasteiger partial charge in [-0.1, -0.05) is 35.5 Å². The second kappa shape index (κ2) is 6.10. The summed E-state index contributed by atoms with van der Waals surface area (Å²) in [6.07, 6.45) is 1.83. The standard InChI is InChI=1S/C13H17N5O/c1-10(11-5-3-2-4-6-11)18-9-12(16-17-18)8-15-13(19)7-14/h2-6,9-10H,7-8,14H2,1H3,(H,15,19). The summed E-state index contributed by atoms with van der Waals surface area (Å²) < 4.78 is 1.78. The van der Waals surface area contributed by atoms with Gasteiger partial charge in [0.1, 0.15) is 5.69 Å². The highest BCUT2D eigenvalue weighted by atomic mass is 16.1. The number of nitrogens with two attached hydrogens (primary N) is 1. The van der Waals surface area contributed by atoms with Crippen molar-refractivity contribution in [3.8, 4) is 0 Å². The molecule has 0 spiro atoms. The number of nitrogens with zero attached hydrogens (tertiary/aromatic N) is 3. The Bertz CT molecular complexity index is 537. The van der Waals surface area contributed by atoms with Crippen molar-refractivity contribution in [2.24, 2.45) is 5.73 Å². The third-order valence-corrected chi connectivity index (χ3v) is 2.89. The molecule has 0 aliphatic carbocycles. The third kappa shape index (κ3) is 3.38. The van der Waals surface area contributed by atoms with Gasteiger partial charge >= 0.3 is 0 Å². The highest BCUT2D eigenvalue weighted by Gasteiger charge is 2.10. The first kappa shape index (κ1) is 13.2. The summed E-state index contributed by atoms with van der Waals surface area (Å²) in [5.41, 5.74) is 7.08. The molecule has 1 atom stereocenters. The van der Waals surface area contributed by atoms with E-state index in [1.165, 1.54) is 0 Å². The lowest BCUT2D eigenvalue weighted by Gasteiger charge is -2.10. The Morgan fingerprint density at radius 1 is 1.42 bits per heavy atom. The molecule has 0 aliphatic rings. The third-order valence-electron chi connectivity index (χ3n) is 2.89. The van der Waals surface area contributed by atoms with Gasteiger partial charge in [0.25, 0.3) is 0 Å². The smallest absolute Gasteiger partial charge is 0.234 e. The number of rotatable bonds is 5. The van der Waals surface area contributed by atoms with Crippen molar-refractivity contribution in [3.05, 3.63) is 47.8 Å². The van der Waals surface area contributed by atoms with Crippen LogP contribution in [0.2, 0.25) is 0 Å². The Morgan fingerprint density at radius 3 is 2.84 bits per heavy atom. The van der Waals surface area contributed by atoms with Crippen LogP contribution < -0.4 is 11.1 Å². The van der Waals surface area contributed by atoms with Crippen LogP contribution in [-0.4, -0.2) is 27.4 Å². The first-order chi connectivity index (χ1) is 9.20. The van der Waals surface area contributed by atoms with E-state index in [0.717, 1.165) is 5.56 Å². The van der Waals surface area contributed by atoms with Gasteiger partial charge in [-0.2, -0.15) is 0 Å². The molecule has 1 aromatic carbocycles. The van der Waals surface area contributed by atoms with Crippen LogP contribution in [0, 0.1) is 0 Å². The molecule has 2 aromatic rings. The van der Waals surface area contributed by atoms with E-state index in [9.17, 15) is 4.79 Å². The van der Waals surface area contributed by atoms with Gasteiger partial charge in [0.2, 0.25) is 5.91 Å². The fourth-order valence-electron chi connectivity index (χ4n) is 1.73. The van der Waals surface area contributed by atoms with E-state index >= 15 is 0 Å². The van der Waals surface area contributed by atoms with E-state index in [1.54, 1.807) is 4.68 Å². The zero-order valence-electron chi connectivity index (χ0n) is 10.8. The number of carbonyl (C=O) groups is 1. The fraction of sp³-hybridized carbons (Fsp3) is 0.308. The summed E-state index contributed by atoms with van der Waals surface area (Å²) in [5, 5.41) is 10.8. The summed E-state index contributed by atoms with van der Waals surface area (Å²) in [4.78, 5) is 11.1. The van der Waals surface area contributed by atoms with E-state index in [4.69, 9.17) is 5.73 Å². The van der Waals surface area contributed by atoms with Gasteiger partial charge in [0, 0.05) is 0 Å². The molecule has 19 heavy (non-hydrogen) atoms. The largest absolute Gasteiger partial charge is 0.349 e. The summed E-state index contributed by atoms with van der Waals surface area (Å²) in [7, 11) is 0. The highest BCUT2D eigenvalue weighted by Crippen LogP contribution is 2.15. The first-order valence-corrected chi connectivity index (χ1v) is 6.13. The maximum absolute atomic E-state index is 11.1. The van der Waals surface area contributed by atoms with Crippen LogP contribution >= 0.6 is 0 Å². The Labute approximate surface area is 111 Å². The minimum absolute atomic E-state index is 0.0193. The minimum Gasteiger partial charge on any atom is -0.349 e. The van der Waals surface area contributed by atoms with Crippen molar-refractivity contribution in [1.29, 1.82) is 0 Å². The summed E-state index contributed by atoms with van der Waals surface area (Å²) in [6.45, 7) is 2.37. The van der Waals surface area contributed by atoms with Crippen LogP contribution in [0.5, 0.6) is 0 Å². The van der Waals surface area contributed by atoms with Gasteiger partial charge in [0.15, 0.2) is 0 Å². The number of nitrogens with one attached hydrogen (secondary N) is 1. The molecule has 0 radical (unpaired) electrons. The number of aromatic nitrogens is 3. The van der Waals surface area contributed by atoms with Gasteiger partial charge in [0.05, 0.1) is 25.3 Å². The fourth-order valence-corrected chi connectivity index (χ4v) is 1.73. The molecule has 100 valence electrons. The van der Waals surface area contributed by atoms with Crippen molar-refractivity contribution in [2.75, 3.05) is 6.54 Å². The monoisotopic (exact) mass is 259 g/mol. The molecular weight excluding hydrogens is 242 g/mol. The second-order valence-corrected chi connectivity index (χ2v) is 4.26. The zero-order chi connectivity index (χ0) is 13.7. The maximum atomic E-state index is 11.1.